The topological polar surface area (TPSA) is 90.0 Å². The fourth-order valence-electron chi connectivity index (χ4n) is 3.21. The van der Waals surface area contributed by atoms with E-state index in [1.54, 1.807) is 29.8 Å². The Morgan fingerprint density at radius 2 is 1.55 bits per heavy atom. The van der Waals surface area contributed by atoms with E-state index in [1.807, 2.05) is 30.3 Å². The van der Waals surface area contributed by atoms with Crippen LogP contribution in [0.25, 0.3) is 21.8 Å². The van der Waals surface area contributed by atoms with E-state index in [1.165, 1.54) is 16.3 Å². The number of aromatic nitrogens is 4. The van der Waals surface area contributed by atoms with Gasteiger partial charge in [0.05, 0.1) is 27.6 Å². The van der Waals surface area contributed by atoms with Crippen molar-refractivity contribution in [3.63, 3.8) is 0 Å². The number of aliphatic hydroxyl groups excluding tert-OH is 1. The van der Waals surface area contributed by atoms with Crippen LogP contribution >= 0.6 is 11.8 Å². The molecule has 4 rings (SSSR count). The van der Waals surface area contributed by atoms with Crippen LogP contribution in [-0.2, 0) is 19.3 Å². The van der Waals surface area contributed by atoms with Gasteiger partial charge in [0.15, 0.2) is 5.16 Å². The molecule has 29 heavy (non-hydrogen) atoms. The molecule has 8 heteroatoms. The van der Waals surface area contributed by atoms with Crippen molar-refractivity contribution in [3.8, 4) is 0 Å². The summed E-state index contributed by atoms with van der Waals surface area (Å²) in [4.78, 5) is 34.8. The Labute approximate surface area is 170 Å². The Morgan fingerprint density at radius 3 is 2.24 bits per heavy atom. The van der Waals surface area contributed by atoms with Gasteiger partial charge < -0.3 is 5.11 Å². The highest BCUT2D eigenvalue weighted by atomic mass is 32.2. The quantitative estimate of drug-likeness (QED) is 0.389. The highest BCUT2D eigenvalue weighted by molar-refractivity contribution is 7.98. The van der Waals surface area contributed by atoms with E-state index in [2.05, 4.69) is 9.97 Å². The smallest absolute Gasteiger partial charge is 0.262 e. The molecule has 0 saturated carbocycles. The summed E-state index contributed by atoms with van der Waals surface area (Å²) in [5, 5.41) is 10.9. The lowest BCUT2D eigenvalue weighted by molar-refractivity contribution is 0.276. The van der Waals surface area contributed by atoms with Gasteiger partial charge in [0.1, 0.15) is 5.82 Å². The van der Waals surface area contributed by atoms with Crippen LogP contribution in [0, 0.1) is 0 Å². The van der Waals surface area contributed by atoms with E-state index in [0.29, 0.717) is 51.5 Å². The Hall–Kier alpha value is -2.97. The molecule has 0 aliphatic rings. The molecule has 0 bridgehead atoms. The van der Waals surface area contributed by atoms with Gasteiger partial charge in [-0.1, -0.05) is 36.0 Å². The third-order valence-corrected chi connectivity index (χ3v) is 5.74. The van der Waals surface area contributed by atoms with Gasteiger partial charge in [-0.2, -0.15) is 0 Å². The maximum Gasteiger partial charge on any atom is 0.262 e. The molecular formula is C21H20N4O3S. The maximum atomic E-state index is 12.9. The molecular weight excluding hydrogens is 388 g/mol. The van der Waals surface area contributed by atoms with Crippen LogP contribution in [0.5, 0.6) is 0 Å². The molecule has 2 aromatic heterocycles. The molecule has 0 spiro atoms. The molecule has 148 valence electrons. The summed E-state index contributed by atoms with van der Waals surface area (Å²) in [7, 11) is 1.70. The van der Waals surface area contributed by atoms with Crippen molar-refractivity contribution in [2.45, 2.75) is 23.9 Å². The van der Waals surface area contributed by atoms with Crippen molar-refractivity contribution in [1.29, 1.82) is 0 Å². The van der Waals surface area contributed by atoms with Crippen LogP contribution in [-0.4, -0.2) is 30.8 Å². The van der Waals surface area contributed by atoms with Gasteiger partial charge in [0.25, 0.3) is 11.1 Å². The van der Waals surface area contributed by atoms with Crippen LogP contribution in [0.3, 0.4) is 0 Å². The van der Waals surface area contributed by atoms with Crippen LogP contribution in [0.2, 0.25) is 0 Å². The SMILES string of the molecule is Cn1c(CSc2nc3ccccc3c(=O)n2CCCO)nc2ccccc2c1=O. The monoisotopic (exact) mass is 408 g/mol. The molecule has 0 atom stereocenters. The summed E-state index contributed by atoms with van der Waals surface area (Å²) in [6.45, 7) is 0.365. The van der Waals surface area contributed by atoms with E-state index in [-0.39, 0.29) is 17.7 Å². The van der Waals surface area contributed by atoms with Crippen LogP contribution in [0.1, 0.15) is 12.2 Å². The molecule has 1 N–H and O–H groups in total. The Kier molecular flexibility index (Phi) is 5.46. The highest BCUT2D eigenvalue weighted by Crippen LogP contribution is 2.22. The second-order valence-corrected chi connectivity index (χ2v) is 7.59. The van der Waals surface area contributed by atoms with Crippen LogP contribution in [0.15, 0.2) is 63.3 Å². The van der Waals surface area contributed by atoms with Crippen molar-refractivity contribution in [1.82, 2.24) is 19.1 Å². The largest absolute Gasteiger partial charge is 0.396 e. The predicted octanol–water partition coefficient (Wildman–Crippen LogP) is 2.32. The number of para-hydroxylation sites is 2. The van der Waals surface area contributed by atoms with E-state index in [9.17, 15) is 14.7 Å². The molecule has 0 unspecified atom stereocenters. The second kappa shape index (κ2) is 8.18. The van der Waals surface area contributed by atoms with Crippen molar-refractivity contribution in [2.24, 2.45) is 7.05 Å². The minimum Gasteiger partial charge on any atom is -0.396 e. The normalized spacial score (nSPS) is 11.4. The summed E-state index contributed by atoms with van der Waals surface area (Å²) >= 11 is 1.36. The summed E-state index contributed by atoms with van der Waals surface area (Å²) in [5.74, 6) is 0.996. The summed E-state index contributed by atoms with van der Waals surface area (Å²) in [6, 6.07) is 14.5. The first-order valence-corrected chi connectivity index (χ1v) is 10.3. The Morgan fingerprint density at radius 1 is 0.931 bits per heavy atom. The lowest BCUT2D eigenvalue weighted by Crippen LogP contribution is -2.24. The number of fused-ring (bicyclic) bond motifs is 2. The standard InChI is InChI=1S/C21H20N4O3S/c1-24-18(22-16-9-4-2-7-14(16)19(24)27)13-29-21-23-17-10-5-3-8-15(17)20(28)25(21)11-6-12-26/h2-5,7-10,26H,6,11-13H2,1H3. The first-order valence-electron chi connectivity index (χ1n) is 9.28. The molecule has 7 nitrogen and oxygen atoms in total. The minimum absolute atomic E-state index is 0.00982. The van der Waals surface area contributed by atoms with Crippen molar-refractivity contribution in [3.05, 3.63) is 75.1 Å². The summed E-state index contributed by atoms with van der Waals surface area (Å²) < 4.78 is 3.12. The van der Waals surface area contributed by atoms with Gasteiger partial charge in [-0.05, 0) is 30.7 Å². The molecule has 0 amide bonds. The van der Waals surface area contributed by atoms with Crippen molar-refractivity contribution in [2.75, 3.05) is 6.61 Å². The lowest BCUT2D eigenvalue weighted by Gasteiger charge is -2.13. The van der Waals surface area contributed by atoms with E-state index in [0.717, 1.165) is 0 Å². The molecule has 0 radical (unpaired) electrons. The van der Waals surface area contributed by atoms with E-state index >= 15 is 0 Å². The van der Waals surface area contributed by atoms with Crippen LogP contribution in [0.4, 0.5) is 0 Å². The number of hydrogen-bond acceptors (Lipinski definition) is 6. The number of rotatable bonds is 6. The van der Waals surface area contributed by atoms with Gasteiger partial charge in [-0.3, -0.25) is 18.7 Å². The first kappa shape index (κ1) is 19.4. The number of thioether (sulfide) groups is 1. The fraction of sp³-hybridized carbons (Fsp3) is 0.238. The number of benzene rings is 2. The average molecular weight is 408 g/mol. The van der Waals surface area contributed by atoms with Gasteiger partial charge in [-0.25, -0.2) is 9.97 Å². The van der Waals surface area contributed by atoms with E-state index in [4.69, 9.17) is 0 Å². The van der Waals surface area contributed by atoms with E-state index < -0.39 is 0 Å². The van der Waals surface area contributed by atoms with Gasteiger partial charge in [0, 0.05) is 20.2 Å². The minimum atomic E-state index is -0.132. The molecule has 0 saturated heterocycles. The summed E-state index contributed by atoms with van der Waals surface area (Å²) in [6.07, 6.45) is 0.459. The Bertz CT molecular complexity index is 1310. The highest BCUT2D eigenvalue weighted by Gasteiger charge is 2.14. The van der Waals surface area contributed by atoms with Gasteiger partial charge >= 0.3 is 0 Å². The van der Waals surface area contributed by atoms with Crippen molar-refractivity contribution >= 4 is 33.6 Å². The van der Waals surface area contributed by atoms with Crippen LogP contribution < -0.4 is 11.1 Å². The third-order valence-electron chi connectivity index (χ3n) is 4.77. The summed E-state index contributed by atoms with van der Waals surface area (Å²) in [5.41, 5.74) is 1.04. The number of hydrogen-bond donors (Lipinski definition) is 1. The number of nitrogens with zero attached hydrogens (tertiary/aromatic N) is 4. The van der Waals surface area contributed by atoms with Gasteiger partial charge in [-0.15, -0.1) is 0 Å². The Balaban J connectivity index is 1.75. The third kappa shape index (κ3) is 3.68. The molecule has 0 fully saturated rings. The lowest BCUT2D eigenvalue weighted by atomic mass is 10.2. The predicted molar refractivity (Wildman–Crippen MR) is 114 cm³/mol. The first-order chi connectivity index (χ1) is 14.1. The average Bonchev–Trinajstić information content (AvgIpc) is 2.75. The molecule has 2 aromatic carbocycles. The molecule has 0 aliphatic carbocycles. The van der Waals surface area contributed by atoms with Crippen molar-refractivity contribution < 1.29 is 5.11 Å². The van der Waals surface area contributed by atoms with Gasteiger partial charge in [0.2, 0.25) is 0 Å². The molecule has 0 aliphatic heterocycles. The fourth-order valence-corrected chi connectivity index (χ4v) is 4.22. The maximum absolute atomic E-state index is 12.9. The zero-order valence-corrected chi connectivity index (χ0v) is 16.7. The second-order valence-electron chi connectivity index (χ2n) is 6.64. The molecule has 4 aromatic rings. The number of aliphatic hydroxyl groups is 1. The zero-order chi connectivity index (χ0) is 20.4. The zero-order valence-electron chi connectivity index (χ0n) is 15.9. The molecule has 2 heterocycles.